The van der Waals surface area contributed by atoms with Gasteiger partial charge in [-0.3, -0.25) is 0 Å². The summed E-state index contributed by atoms with van der Waals surface area (Å²) < 4.78 is 2.55. The Morgan fingerprint density at radius 1 is 0.313 bits per heavy atom. The molecule has 0 saturated heterocycles. The largest absolute Gasteiger partial charge is 0.310 e. The molecule has 0 N–H and O–H groups in total. The van der Waals surface area contributed by atoms with Crippen molar-refractivity contribution in [1.82, 2.24) is 4.57 Å². The van der Waals surface area contributed by atoms with Crippen molar-refractivity contribution in [3.63, 3.8) is 0 Å². The number of hydrogen-bond acceptors (Lipinski definition) is 3. The molecular weight excluding hydrogens is 1020 g/mol. The third-order valence-electron chi connectivity index (χ3n) is 19.0. The van der Waals surface area contributed by atoms with E-state index in [1.807, 2.05) is 11.8 Å². The molecule has 0 radical (unpaired) electrons. The zero-order chi connectivity index (χ0) is 55.3. The van der Waals surface area contributed by atoms with Crippen molar-refractivity contribution >= 4 is 67.7 Å². The number of benzene rings is 12. The Hall–Kier alpha value is -9.61. The van der Waals surface area contributed by atoms with Crippen LogP contribution in [0.15, 0.2) is 283 Å². The van der Waals surface area contributed by atoms with Crippen LogP contribution < -0.4 is 9.80 Å². The fourth-order valence-electron chi connectivity index (χ4n) is 15.3. The van der Waals surface area contributed by atoms with E-state index in [-0.39, 0.29) is 10.8 Å². The van der Waals surface area contributed by atoms with Crippen molar-refractivity contribution in [1.29, 1.82) is 0 Å². The smallest absolute Gasteiger partial charge is 0.0791 e. The summed E-state index contributed by atoms with van der Waals surface area (Å²) >= 11 is 1.90. The predicted molar refractivity (Wildman–Crippen MR) is 347 cm³/mol. The van der Waals surface area contributed by atoms with Gasteiger partial charge in [0.2, 0.25) is 0 Å². The van der Waals surface area contributed by atoms with E-state index in [0.717, 1.165) is 45.3 Å². The first-order chi connectivity index (χ1) is 40.7. The molecule has 4 aliphatic rings. The van der Waals surface area contributed by atoms with Gasteiger partial charge in [0.05, 0.1) is 22.1 Å². The first-order valence-electron chi connectivity index (χ1n) is 29.1. The van der Waals surface area contributed by atoms with E-state index in [2.05, 4.69) is 315 Å². The maximum Gasteiger partial charge on any atom is 0.0791 e. The second kappa shape index (κ2) is 17.7. The Labute approximate surface area is 489 Å². The fraction of sp³-hybridized carbons (Fsp3) is 0.0886. The molecule has 2 heterocycles. The molecule has 1 spiro atoms. The van der Waals surface area contributed by atoms with Gasteiger partial charge in [0.15, 0.2) is 0 Å². The molecule has 4 heteroatoms. The molecule has 0 fully saturated rings. The van der Waals surface area contributed by atoms with Crippen LogP contribution in [0.4, 0.5) is 34.1 Å². The molecule has 3 aliphatic carbocycles. The molecule has 83 heavy (non-hydrogen) atoms. The number of para-hydroxylation sites is 4. The van der Waals surface area contributed by atoms with Gasteiger partial charge in [-0.05, 0) is 169 Å². The SMILES string of the molecule is CC1(C)c2ccccc2-c2ccc(N(c3ccccc3)c3ccc4c(c3)C3(c5ccccc5Sc5ccccc53)c3cc5c6ccccc6n(-c6ccccc6)c5c(N(c5ccccc5)c5ccc6c(c5)C(C)(C)c5ccccc5-6)c3-4)cc21. The van der Waals surface area contributed by atoms with Gasteiger partial charge >= 0.3 is 0 Å². The number of aromatic nitrogens is 1. The molecule has 17 rings (SSSR count). The van der Waals surface area contributed by atoms with Crippen molar-refractivity contribution in [2.75, 3.05) is 9.80 Å². The van der Waals surface area contributed by atoms with Crippen molar-refractivity contribution in [3.8, 4) is 39.1 Å². The maximum atomic E-state index is 2.62. The summed E-state index contributed by atoms with van der Waals surface area (Å²) in [6, 6.07) is 103. The van der Waals surface area contributed by atoms with Gasteiger partial charge in [-0.2, -0.15) is 0 Å². The van der Waals surface area contributed by atoms with Crippen LogP contribution in [0, 0.1) is 0 Å². The lowest BCUT2D eigenvalue weighted by Gasteiger charge is -2.40. The normalized spacial score (nSPS) is 14.7. The summed E-state index contributed by atoms with van der Waals surface area (Å²) in [5, 5.41) is 2.42. The Morgan fingerprint density at radius 3 is 1.33 bits per heavy atom. The summed E-state index contributed by atoms with van der Waals surface area (Å²) in [5.74, 6) is 0. The molecule has 0 bridgehead atoms. The highest BCUT2D eigenvalue weighted by molar-refractivity contribution is 7.99. The quantitative estimate of drug-likeness (QED) is 0.158. The maximum absolute atomic E-state index is 2.62. The Kier molecular flexibility index (Phi) is 10.3. The van der Waals surface area contributed by atoms with E-state index in [1.54, 1.807) is 0 Å². The molecule has 0 unspecified atom stereocenters. The average Bonchev–Trinajstić information content (AvgIpc) is 2.60. The molecular formula is C79H57N3S. The van der Waals surface area contributed by atoms with E-state index < -0.39 is 5.41 Å². The number of rotatable bonds is 7. The van der Waals surface area contributed by atoms with Crippen molar-refractivity contribution in [2.24, 2.45) is 0 Å². The summed E-state index contributed by atoms with van der Waals surface area (Å²) in [7, 11) is 0. The lowest BCUT2D eigenvalue weighted by molar-refractivity contribution is 0.660. The minimum absolute atomic E-state index is 0.173. The van der Waals surface area contributed by atoms with Crippen LogP contribution in [-0.2, 0) is 16.2 Å². The first kappa shape index (κ1) is 48.1. The summed E-state index contributed by atoms with van der Waals surface area (Å²) in [6.45, 7) is 9.56. The van der Waals surface area contributed by atoms with Gasteiger partial charge in [0.1, 0.15) is 0 Å². The molecule has 1 aromatic heterocycles. The second-order valence-electron chi connectivity index (χ2n) is 23.9. The number of nitrogens with zero attached hydrogens (tertiary/aromatic N) is 3. The van der Waals surface area contributed by atoms with E-state index >= 15 is 0 Å². The van der Waals surface area contributed by atoms with Gasteiger partial charge in [0, 0.05) is 71.1 Å². The van der Waals surface area contributed by atoms with Crippen molar-refractivity contribution < 1.29 is 0 Å². The Bertz CT molecular complexity index is 4790. The van der Waals surface area contributed by atoms with Gasteiger partial charge in [-0.1, -0.05) is 215 Å². The Morgan fingerprint density at radius 2 is 0.747 bits per heavy atom. The molecule has 1 aliphatic heterocycles. The van der Waals surface area contributed by atoms with E-state index in [1.165, 1.54) is 104 Å². The fourth-order valence-corrected chi connectivity index (χ4v) is 16.5. The molecule has 394 valence electrons. The molecule has 13 aromatic rings. The highest BCUT2D eigenvalue weighted by Gasteiger charge is 2.53. The summed E-state index contributed by atoms with van der Waals surface area (Å²) in [4.78, 5) is 7.65. The second-order valence-corrected chi connectivity index (χ2v) is 25.0. The van der Waals surface area contributed by atoms with Crippen molar-refractivity contribution in [3.05, 3.63) is 317 Å². The van der Waals surface area contributed by atoms with Gasteiger partial charge in [-0.25, -0.2) is 0 Å². The topological polar surface area (TPSA) is 11.4 Å². The number of fused-ring (bicyclic) bond motifs is 18. The number of anilines is 6. The molecule has 3 nitrogen and oxygen atoms in total. The standard InChI is InChI=1S/C79H57N3S/c1-77(2)63-33-17-14-30-56(63)58-43-40-53(46-67(58)77)80(50-24-8-5-9-25-50)54-42-45-61-69(48-54)79(65-35-19-22-38-72(65)83-73-39-23-20-36-66(73)79)70-49-62-60-32-16-21-37-71(60)82(52-28-12-7-13-29-52)75(62)76(74(61)70)81(51-26-10-6-11-27-51)55-41-44-59-57-31-15-18-34-64(57)78(3,4)68(59)47-55/h5-49H,1-4H3. The highest BCUT2D eigenvalue weighted by Crippen LogP contribution is 2.67. The third kappa shape index (κ3) is 6.64. The number of hydrogen-bond donors (Lipinski definition) is 0. The van der Waals surface area contributed by atoms with Gasteiger partial charge < -0.3 is 14.4 Å². The summed E-state index contributed by atoms with van der Waals surface area (Å²) in [5.41, 5.74) is 27.3. The molecule has 0 saturated carbocycles. The molecule has 0 atom stereocenters. The van der Waals surface area contributed by atoms with Crippen LogP contribution in [-0.4, -0.2) is 4.57 Å². The van der Waals surface area contributed by atoms with Crippen molar-refractivity contribution in [2.45, 2.75) is 53.7 Å². The van der Waals surface area contributed by atoms with Gasteiger partial charge in [0.25, 0.3) is 0 Å². The van der Waals surface area contributed by atoms with Crippen LogP contribution in [0.3, 0.4) is 0 Å². The van der Waals surface area contributed by atoms with E-state index in [0.29, 0.717) is 0 Å². The first-order valence-corrected chi connectivity index (χ1v) is 29.9. The lowest BCUT2D eigenvalue weighted by Crippen LogP contribution is -2.32. The zero-order valence-electron chi connectivity index (χ0n) is 46.7. The minimum Gasteiger partial charge on any atom is -0.310 e. The monoisotopic (exact) mass is 1080 g/mol. The van der Waals surface area contributed by atoms with Crippen LogP contribution in [0.5, 0.6) is 0 Å². The predicted octanol–water partition coefficient (Wildman–Crippen LogP) is 21.2. The third-order valence-corrected chi connectivity index (χ3v) is 20.1. The van der Waals surface area contributed by atoms with E-state index in [9.17, 15) is 0 Å². The average molecular weight is 1080 g/mol. The highest BCUT2D eigenvalue weighted by atomic mass is 32.2. The Balaban J connectivity index is 1.03. The van der Waals surface area contributed by atoms with E-state index in [4.69, 9.17) is 0 Å². The van der Waals surface area contributed by atoms with Crippen LogP contribution in [0.25, 0.3) is 60.9 Å². The minimum atomic E-state index is -0.744. The molecule has 12 aromatic carbocycles. The van der Waals surface area contributed by atoms with Crippen LogP contribution in [0.2, 0.25) is 0 Å². The van der Waals surface area contributed by atoms with Gasteiger partial charge in [-0.15, -0.1) is 0 Å². The van der Waals surface area contributed by atoms with Crippen LogP contribution in [0.1, 0.15) is 72.2 Å². The lowest BCUT2D eigenvalue weighted by atomic mass is 9.67. The summed E-state index contributed by atoms with van der Waals surface area (Å²) in [6.07, 6.45) is 0. The van der Waals surface area contributed by atoms with Crippen LogP contribution >= 0.6 is 11.8 Å². The zero-order valence-corrected chi connectivity index (χ0v) is 47.5. The molecule has 0 amide bonds.